The molecule has 1 aromatic carbocycles. The monoisotopic (exact) mass is 318 g/mol. The molecule has 7 heteroatoms. The molecule has 2 aromatic rings. The normalized spacial score (nSPS) is 8.87. The highest BCUT2D eigenvalue weighted by Gasteiger charge is 1.88. The van der Waals surface area contributed by atoms with E-state index in [0.29, 0.717) is 24.2 Å². The van der Waals surface area contributed by atoms with E-state index in [-0.39, 0.29) is 0 Å². The van der Waals surface area contributed by atoms with Crippen molar-refractivity contribution in [1.29, 1.82) is 0 Å². The minimum Gasteiger partial charge on any atom is -0.478 e. The number of hydrogen-bond donors (Lipinski definition) is 2. The standard InChI is InChI=1S/C7H6O.C5H4O2.C4H4O4/c8-6-7-4-2-1-3-5-7;6-4-5-2-1-3-7-5;5-3(6)1-2-4(7)8/h1-6H;1-4H;1-2H,(H,5,6)(H,7,8). The van der Waals surface area contributed by atoms with E-state index in [4.69, 9.17) is 10.2 Å². The molecule has 0 unspecified atom stereocenters. The van der Waals surface area contributed by atoms with E-state index in [1.807, 2.05) is 18.2 Å². The van der Waals surface area contributed by atoms with Crippen LogP contribution in [0.5, 0.6) is 0 Å². The van der Waals surface area contributed by atoms with Gasteiger partial charge in [0.2, 0.25) is 0 Å². The predicted octanol–water partition coefficient (Wildman–Crippen LogP) is 2.30. The van der Waals surface area contributed by atoms with E-state index in [9.17, 15) is 19.2 Å². The lowest BCUT2D eigenvalue weighted by Gasteiger charge is -1.81. The second-order valence-corrected chi connectivity index (χ2v) is 3.67. The number of carbonyl (C=O) groups is 4. The number of carboxylic acid groups (broad SMARTS) is 2. The summed E-state index contributed by atoms with van der Waals surface area (Å²) in [6, 6.07) is 12.4. The maximum Gasteiger partial charge on any atom is 0.328 e. The number of rotatable bonds is 4. The quantitative estimate of drug-likeness (QED) is 0.655. The van der Waals surface area contributed by atoms with Crippen molar-refractivity contribution in [1.82, 2.24) is 0 Å². The number of benzene rings is 1. The van der Waals surface area contributed by atoms with Crippen LogP contribution < -0.4 is 0 Å². The molecule has 0 saturated heterocycles. The molecule has 0 bridgehead atoms. The van der Waals surface area contributed by atoms with Gasteiger partial charge in [0.15, 0.2) is 12.0 Å². The molecule has 0 radical (unpaired) electrons. The highest BCUT2D eigenvalue weighted by molar-refractivity contribution is 5.89. The van der Waals surface area contributed by atoms with Crippen LogP contribution in [0.25, 0.3) is 0 Å². The fraction of sp³-hybridized carbons (Fsp3) is 0. The van der Waals surface area contributed by atoms with Crippen molar-refractivity contribution < 1.29 is 33.8 Å². The molecule has 0 aliphatic carbocycles. The van der Waals surface area contributed by atoms with Gasteiger partial charge in [-0.25, -0.2) is 9.59 Å². The van der Waals surface area contributed by atoms with Gasteiger partial charge in [-0.3, -0.25) is 9.59 Å². The van der Waals surface area contributed by atoms with Crippen LogP contribution >= 0.6 is 0 Å². The summed E-state index contributed by atoms with van der Waals surface area (Å²) in [5, 5.41) is 15.6. The average molecular weight is 318 g/mol. The van der Waals surface area contributed by atoms with Crippen molar-refractivity contribution in [2.45, 2.75) is 0 Å². The first-order valence-electron chi connectivity index (χ1n) is 6.12. The van der Waals surface area contributed by atoms with E-state index in [2.05, 4.69) is 4.42 Å². The highest BCUT2D eigenvalue weighted by atomic mass is 16.4. The summed E-state index contributed by atoms with van der Waals surface area (Å²) in [7, 11) is 0. The summed E-state index contributed by atoms with van der Waals surface area (Å²) >= 11 is 0. The van der Waals surface area contributed by atoms with Gasteiger partial charge >= 0.3 is 11.9 Å². The molecular weight excluding hydrogens is 304 g/mol. The third kappa shape index (κ3) is 12.0. The highest BCUT2D eigenvalue weighted by Crippen LogP contribution is 1.93. The van der Waals surface area contributed by atoms with E-state index in [0.717, 1.165) is 11.8 Å². The van der Waals surface area contributed by atoms with Gasteiger partial charge in [-0.15, -0.1) is 0 Å². The molecule has 2 N–H and O–H groups in total. The third-order valence-corrected chi connectivity index (χ3v) is 1.96. The SMILES string of the molecule is O=C(O)C=CC(=O)O.O=Cc1ccccc1.O=Cc1ccco1. The molecule has 0 saturated carbocycles. The fourth-order valence-corrected chi connectivity index (χ4v) is 1.03. The number of aldehydes is 2. The zero-order chi connectivity index (χ0) is 17.5. The van der Waals surface area contributed by atoms with Gasteiger partial charge in [0.05, 0.1) is 6.26 Å². The zero-order valence-electron chi connectivity index (χ0n) is 11.9. The summed E-state index contributed by atoms with van der Waals surface area (Å²) in [6.45, 7) is 0. The third-order valence-electron chi connectivity index (χ3n) is 1.96. The smallest absolute Gasteiger partial charge is 0.328 e. The molecule has 2 rings (SSSR count). The second-order valence-electron chi connectivity index (χ2n) is 3.67. The van der Waals surface area contributed by atoms with Crippen LogP contribution in [-0.4, -0.2) is 34.7 Å². The van der Waals surface area contributed by atoms with Crippen LogP contribution in [0, 0.1) is 0 Å². The van der Waals surface area contributed by atoms with Crippen molar-refractivity contribution in [3.63, 3.8) is 0 Å². The molecule has 1 heterocycles. The Morgan fingerprint density at radius 2 is 1.39 bits per heavy atom. The fourth-order valence-electron chi connectivity index (χ4n) is 1.03. The first kappa shape index (κ1) is 19.5. The van der Waals surface area contributed by atoms with Crippen molar-refractivity contribution >= 4 is 24.5 Å². The van der Waals surface area contributed by atoms with Gasteiger partial charge in [0.1, 0.15) is 6.29 Å². The molecule has 0 amide bonds. The van der Waals surface area contributed by atoms with Gasteiger partial charge in [-0.05, 0) is 12.1 Å². The molecule has 0 spiro atoms. The van der Waals surface area contributed by atoms with E-state index in [1.165, 1.54) is 6.26 Å². The number of carboxylic acids is 2. The molecule has 23 heavy (non-hydrogen) atoms. The lowest BCUT2D eigenvalue weighted by atomic mass is 10.2. The summed E-state index contributed by atoms with van der Waals surface area (Å²) in [5.74, 6) is -2.14. The minimum atomic E-state index is -1.26. The lowest BCUT2D eigenvalue weighted by molar-refractivity contribution is -0.134. The number of aliphatic carboxylic acids is 2. The van der Waals surface area contributed by atoms with Crippen molar-refractivity contribution in [2.75, 3.05) is 0 Å². The van der Waals surface area contributed by atoms with Gasteiger partial charge in [-0.2, -0.15) is 0 Å². The average Bonchev–Trinajstić information content (AvgIpc) is 3.08. The minimum absolute atomic E-state index is 0.375. The maximum absolute atomic E-state index is 10.0. The zero-order valence-corrected chi connectivity index (χ0v) is 11.9. The van der Waals surface area contributed by atoms with Crippen LogP contribution in [0.1, 0.15) is 20.9 Å². The molecule has 1 aromatic heterocycles. The Bertz CT molecular complexity index is 612. The van der Waals surface area contributed by atoms with Gasteiger partial charge in [0, 0.05) is 17.7 Å². The summed E-state index contributed by atoms with van der Waals surface area (Å²) < 4.78 is 4.61. The molecule has 0 fully saturated rings. The molecule has 0 atom stereocenters. The van der Waals surface area contributed by atoms with Crippen LogP contribution in [-0.2, 0) is 9.59 Å². The summed E-state index contributed by atoms with van der Waals surface area (Å²) in [5.41, 5.74) is 0.729. The van der Waals surface area contributed by atoms with Crippen molar-refractivity contribution in [3.05, 3.63) is 72.2 Å². The first-order valence-corrected chi connectivity index (χ1v) is 6.12. The van der Waals surface area contributed by atoms with Crippen molar-refractivity contribution in [3.8, 4) is 0 Å². The number of furan rings is 1. The molecule has 0 aliphatic rings. The van der Waals surface area contributed by atoms with Gasteiger partial charge < -0.3 is 14.6 Å². The van der Waals surface area contributed by atoms with Crippen LogP contribution in [0.15, 0.2) is 65.3 Å². The molecular formula is C16H14O7. The topological polar surface area (TPSA) is 122 Å². The molecule has 120 valence electrons. The first-order chi connectivity index (χ1) is 11.0. The Balaban J connectivity index is 0.000000316. The van der Waals surface area contributed by atoms with Crippen molar-refractivity contribution in [2.24, 2.45) is 0 Å². The Kier molecular flexibility index (Phi) is 10.4. The predicted molar refractivity (Wildman–Crippen MR) is 80.3 cm³/mol. The Morgan fingerprint density at radius 3 is 1.65 bits per heavy atom. The van der Waals surface area contributed by atoms with E-state index < -0.39 is 11.9 Å². The Hall–Kier alpha value is -3.48. The Morgan fingerprint density at radius 1 is 0.826 bits per heavy atom. The maximum atomic E-state index is 10.0. The molecule has 0 aliphatic heterocycles. The largest absolute Gasteiger partial charge is 0.478 e. The van der Waals surface area contributed by atoms with E-state index in [1.54, 1.807) is 24.3 Å². The van der Waals surface area contributed by atoms with Crippen LogP contribution in [0.3, 0.4) is 0 Å². The number of carbonyl (C=O) groups excluding carboxylic acids is 2. The van der Waals surface area contributed by atoms with Gasteiger partial charge in [0.25, 0.3) is 0 Å². The summed E-state index contributed by atoms with van der Waals surface area (Å²) in [6.07, 6.45) is 4.08. The van der Waals surface area contributed by atoms with Gasteiger partial charge in [-0.1, -0.05) is 30.3 Å². The molecule has 7 nitrogen and oxygen atoms in total. The Labute approximate surface area is 131 Å². The number of hydrogen-bond acceptors (Lipinski definition) is 5. The van der Waals surface area contributed by atoms with E-state index >= 15 is 0 Å². The second kappa shape index (κ2) is 12.3. The lowest BCUT2D eigenvalue weighted by Crippen LogP contribution is -1.91. The summed E-state index contributed by atoms with van der Waals surface area (Å²) in [4.78, 5) is 38.9. The van der Waals surface area contributed by atoms with Crippen LogP contribution in [0.2, 0.25) is 0 Å². The van der Waals surface area contributed by atoms with Crippen LogP contribution in [0.4, 0.5) is 0 Å².